The molecule has 0 aliphatic heterocycles. The fraction of sp³-hybridized carbons (Fsp3) is 0.130. The lowest BCUT2D eigenvalue weighted by Gasteiger charge is -2.13. The molecule has 33 heavy (non-hydrogen) atoms. The van der Waals surface area contributed by atoms with Crippen molar-refractivity contribution >= 4 is 44.9 Å². The van der Waals surface area contributed by atoms with Crippen molar-refractivity contribution in [1.82, 2.24) is 10.6 Å². The summed E-state index contributed by atoms with van der Waals surface area (Å²) in [7, 11) is -3.90. The van der Waals surface area contributed by atoms with Crippen molar-refractivity contribution in [1.29, 1.82) is 0 Å². The van der Waals surface area contributed by atoms with Crippen LogP contribution in [0, 0.1) is 6.92 Å². The number of urea groups is 1. The fourth-order valence-corrected chi connectivity index (χ4v) is 4.36. The van der Waals surface area contributed by atoms with Crippen molar-refractivity contribution < 1.29 is 18.0 Å². The molecule has 10 heteroatoms. The Morgan fingerprint density at radius 2 is 1.55 bits per heavy atom. The van der Waals surface area contributed by atoms with Crippen molar-refractivity contribution in [3.8, 4) is 0 Å². The number of carbonyl (C=O) groups is 2. The number of hydrogen-bond acceptors (Lipinski definition) is 4. The van der Waals surface area contributed by atoms with Crippen molar-refractivity contribution in [2.45, 2.75) is 18.4 Å². The summed E-state index contributed by atoms with van der Waals surface area (Å²) in [5.41, 5.74) is 2.08. The highest BCUT2D eigenvalue weighted by Crippen LogP contribution is 2.23. The van der Waals surface area contributed by atoms with Gasteiger partial charge < -0.3 is 16.0 Å². The van der Waals surface area contributed by atoms with Gasteiger partial charge in [0.25, 0.3) is 10.0 Å². The van der Waals surface area contributed by atoms with Crippen LogP contribution in [0.1, 0.15) is 11.1 Å². The Morgan fingerprint density at radius 3 is 2.24 bits per heavy atom. The van der Waals surface area contributed by atoms with E-state index in [-0.39, 0.29) is 17.1 Å². The second kappa shape index (κ2) is 10.8. The molecule has 3 rings (SSSR count). The zero-order chi connectivity index (χ0) is 23.8. The number of amides is 3. The third kappa shape index (κ3) is 7.23. The van der Waals surface area contributed by atoms with Gasteiger partial charge in [-0.2, -0.15) is 0 Å². The van der Waals surface area contributed by atoms with Crippen molar-refractivity contribution in [2.24, 2.45) is 0 Å². The molecule has 4 N–H and O–H groups in total. The summed E-state index contributed by atoms with van der Waals surface area (Å²) in [5, 5.41) is 8.20. The van der Waals surface area contributed by atoms with E-state index in [1.54, 1.807) is 43.3 Å². The Kier molecular flexibility index (Phi) is 7.92. The van der Waals surface area contributed by atoms with Crippen LogP contribution < -0.4 is 20.7 Å². The lowest BCUT2D eigenvalue weighted by atomic mass is 10.2. The van der Waals surface area contributed by atoms with Gasteiger partial charge in [0.05, 0.1) is 11.4 Å². The molecule has 0 unspecified atom stereocenters. The number of sulfonamides is 1. The molecular weight excluding hydrogens is 464 g/mol. The number of carbonyl (C=O) groups excluding carboxylic acids is 2. The predicted molar refractivity (Wildman–Crippen MR) is 129 cm³/mol. The number of benzene rings is 3. The highest BCUT2D eigenvalue weighted by atomic mass is 35.5. The second-order valence-electron chi connectivity index (χ2n) is 7.16. The lowest BCUT2D eigenvalue weighted by molar-refractivity contribution is -0.115. The zero-order valence-electron chi connectivity index (χ0n) is 17.8. The maximum absolute atomic E-state index is 12.8. The highest BCUT2D eigenvalue weighted by molar-refractivity contribution is 7.92. The molecule has 0 bridgehead atoms. The van der Waals surface area contributed by atoms with Gasteiger partial charge in [-0.15, -0.1) is 0 Å². The Hall–Kier alpha value is -3.56. The first-order valence-corrected chi connectivity index (χ1v) is 11.8. The van der Waals surface area contributed by atoms with E-state index in [0.717, 1.165) is 5.56 Å². The van der Waals surface area contributed by atoms with Crippen LogP contribution in [-0.4, -0.2) is 26.9 Å². The maximum atomic E-state index is 12.8. The third-order valence-electron chi connectivity index (χ3n) is 4.56. The van der Waals surface area contributed by atoms with E-state index in [1.807, 2.05) is 30.3 Å². The molecule has 0 aliphatic carbocycles. The normalized spacial score (nSPS) is 10.8. The molecular formula is C23H23ClN4O4S. The van der Waals surface area contributed by atoms with Gasteiger partial charge in [0.15, 0.2) is 0 Å². The number of nitrogens with one attached hydrogen (secondary N) is 4. The number of halogens is 1. The molecule has 3 amide bonds. The van der Waals surface area contributed by atoms with E-state index >= 15 is 0 Å². The predicted octanol–water partition coefficient (Wildman–Crippen LogP) is 3.89. The summed E-state index contributed by atoms with van der Waals surface area (Å²) in [6.07, 6.45) is 0. The van der Waals surface area contributed by atoms with Crippen LogP contribution in [0.25, 0.3) is 0 Å². The smallest absolute Gasteiger partial charge is 0.315 e. The van der Waals surface area contributed by atoms with Crippen molar-refractivity contribution in [3.63, 3.8) is 0 Å². The van der Waals surface area contributed by atoms with E-state index in [0.29, 0.717) is 22.8 Å². The van der Waals surface area contributed by atoms with Crippen molar-refractivity contribution in [3.05, 3.63) is 88.9 Å². The first-order valence-electron chi connectivity index (χ1n) is 9.97. The van der Waals surface area contributed by atoms with E-state index in [1.165, 1.54) is 6.07 Å². The first kappa shape index (κ1) is 24.1. The van der Waals surface area contributed by atoms with Crippen molar-refractivity contribution in [2.75, 3.05) is 16.6 Å². The van der Waals surface area contributed by atoms with Gasteiger partial charge in [0.1, 0.15) is 0 Å². The standard InChI is InChI=1S/C23H23ClN4O4S/c1-16-7-10-20(13-21(16)33(31,32)28-19-11-8-18(24)9-12-19)27-22(29)15-26-23(30)25-14-17-5-3-2-4-6-17/h2-13,28H,14-15H2,1H3,(H,27,29)(H2,25,26,30). The Labute approximate surface area is 197 Å². The Bertz CT molecular complexity index is 1230. The molecule has 0 saturated heterocycles. The Morgan fingerprint density at radius 1 is 0.879 bits per heavy atom. The third-order valence-corrected chi connectivity index (χ3v) is 6.34. The molecule has 0 radical (unpaired) electrons. The molecule has 0 saturated carbocycles. The molecule has 0 aliphatic rings. The molecule has 0 fully saturated rings. The van der Waals surface area contributed by atoms with Crippen LogP contribution in [0.15, 0.2) is 77.7 Å². The summed E-state index contributed by atoms with van der Waals surface area (Å²) in [6.45, 7) is 1.70. The number of rotatable bonds is 8. The minimum atomic E-state index is -3.90. The SMILES string of the molecule is Cc1ccc(NC(=O)CNC(=O)NCc2ccccc2)cc1S(=O)(=O)Nc1ccc(Cl)cc1. The van der Waals surface area contributed by atoms with E-state index in [2.05, 4.69) is 20.7 Å². The molecule has 0 spiro atoms. The van der Waals surface area contributed by atoms with Crippen LogP contribution >= 0.6 is 11.6 Å². The van der Waals surface area contributed by atoms with Gasteiger partial charge in [-0.05, 0) is 54.4 Å². The van der Waals surface area contributed by atoms with Crippen LogP contribution in [0.3, 0.4) is 0 Å². The van der Waals surface area contributed by atoms with Gasteiger partial charge in [-0.3, -0.25) is 9.52 Å². The fourth-order valence-electron chi connectivity index (χ4n) is 2.90. The quantitative estimate of drug-likeness (QED) is 0.386. The van der Waals surface area contributed by atoms with Crippen LogP contribution in [0.2, 0.25) is 5.02 Å². The van der Waals surface area contributed by atoms with E-state index in [9.17, 15) is 18.0 Å². The summed E-state index contributed by atoms with van der Waals surface area (Å²) in [5.74, 6) is -0.497. The van der Waals surface area contributed by atoms with Gasteiger partial charge >= 0.3 is 6.03 Å². The molecule has 0 atom stereocenters. The summed E-state index contributed by atoms with van der Waals surface area (Å²) in [4.78, 5) is 24.1. The second-order valence-corrected chi connectivity index (χ2v) is 9.25. The van der Waals surface area contributed by atoms with E-state index in [4.69, 9.17) is 11.6 Å². The molecule has 172 valence electrons. The highest BCUT2D eigenvalue weighted by Gasteiger charge is 2.18. The van der Waals surface area contributed by atoms with Crippen LogP contribution in [0.4, 0.5) is 16.2 Å². The average Bonchev–Trinajstić information content (AvgIpc) is 2.79. The average molecular weight is 487 g/mol. The zero-order valence-corrected chi connectivity index (χ0v) is 19.3. The topological polar surface area (TPSA) is 116 Å². The van der Waals surface area contributed by atoms with Gasteiger partial charge in [0.2, 0.25) is 5.91 Å². The van der Waals surface area contributed by atoms with Crippen LogP contribution in [0.5, 0.6) is 0 Å². The first-order chi connectivity index (χ1) is 15.7. The Balaban J connectivity index is 1.57. The molecule has 8 nitrogen and oxygen atoms in total. The maximum Gasteiger partial charge on any atom is 0.315 e. The summed E-state index contributed by atoms with van der Waals surface area (Å²) in [6, 6.07) is 19.7. The molecule has 3 aromatic carbocycles. The molecule has 0 heterocycles. The van der Waals surface area contributed by atoms with Crippen LogP contribution in [-0.2, 0) is 21.4 Å². The number of hydrogen-bond donors (Lipinski definition) is 4. The molecule has 0 aromatic heterocycles. The number of anilines is 2. The summed E-state index contributed by atoms with van der Waals surface area (Å²) >= 11 is 5.84. The lowest BCUT2D eigenvalue weighted by Crippen LogP contribution is -2.39. The van der Waals surface area contributed by atoms with Gasteiger partial charge in [0, 0.05) is 22.9 Å². The molecule has 3 aromatic rings. The minimum Gasteiger partial charge on any atom is -0.334 e. The van der Waals surface area contributed by atoms with E-state index < -0.39 is 22.0 Å². The van der Waals surface area contributed by atoms with Gasteiger partial charge in [-0.1, -0.05) is 48.0 Å². The minimum absolute atomic E-state index is 0.0174. The summed E-state index contributed by atoms with van der Waals surface area (Å²) < 4.78 is 28.1. The number of aryl methyl sites for hydroxylation is 1. The van der Waals surface area contributed by atoms with Gasteiger partial charge in [-0.25, -0.2) is 13.2 Å². The monoisotopic (exact) mass is 486 g/mol. The largest absolute Gasteiger partial charge is 0.334 e.